The number of hydrogen-bond donors (Lipinski definition) is 4. The third-order valence-corrected chi connectivity index (χ3v) is 4.34. The lowest BCUT2D eigenvalue weighted by Gasteiger charge is -2.28. The van der Waals surface area contributed by atoms with E-state index in [1.165, 1.54) is 0 Å². The summed E-state index contributed by atoms with van der Waals surface area (Å²) < 4.78 is 0. The van der Waals surface area contributed by atoms with Crippen molar-refractivity contribution in [2.45, 2.75) is 31.8 Å². The number of benzene rings is 2. The zero-order valence-electron chi connectivity index (χ0n) is 14.5. The molecular formula is C19H25BN2O3. The maximum Gasteiger partial charge on any atom is 0.432 e. The number of unbranched alkanes of at least 4 members (excludes halogenated alkanes) is 1. The number of para-hydroxylation sites is 1. The van der Waals surface area contributed by atoms with E-state index in [9.17, 15) is 5.11 Å². The van der Waals surface area contributed by atoms with Crippen LogP contribution in [0.5, 0.6) is 0 Å². The fourth-order valence-corrected chi connectivity index (χ4v) is 3.02. The molecule has 132 valence electrons. The first-order valence-corrected chi connectivity index (χ1v) is 8.52. The molecule has 6 heteroatoms. The van der Waals surface area contributed by atoms with Crippen molar-refractivity contribution in [1.29, 1.82) is 0 Å². The third-order valence-electron chi connectivity index (χ3n) is 4.34. The van der Waals surface area contributed by atoms with E-state index < -0.39 is 13.3 Å². The van der Waals surface area contributed by atoms with Crippen LogP contribution in [-0.4, -0.2) is 34.4 Å². The fraction of sp³-hybridized carbons (Fsp3) is 0.316. The molecule has 0 aliphatic rings. The van der Waals surface area contributed by atoms with Crippen LogP contribution in [0.1, 0.15) is 31.7 Å². The second kappa shape index (κ2) is 8.92. The van der Waals surface area contributed by atoms with Gasteiger partial charge in [-0.25, -0.2) is 4.98 Å². The smallest absolute Gasteiger partial charge is 0.430 e. The molecule has 0 bridgehead atoms. The highest BCUT2D eigenvalue weighted by molar-refractivity contribution is 6.13. The summed E-state index contributed by atoms with van der Waals surface area (Å²) in [6.45, 7) is 2.34. The summed E-state index contributed by atoms with van der Waals surface area (Å²) >= 11 is 0. The predicted octanol–water partition coefficient (Wildman–Crippen LogP) is 1.96. The van der Waals surface area contributed by atoms with Crippen LogP contribution in [0.2, 0.25) is 0 Å². The molecule has 3 rings (SSSR count). The SMILES string of the molecule is CCCCC(O)(CN)c1cccc2nc3ccccc3cc12.OBO. The first-order valence-electron chi connectivity index (χ1n) is 8.52. The molecule has 3 aromatic rings. The van der Waals surface area contributed by atoms with Gasteiger partial charge in [-0.2, -0.15) is 0 Å². The highest BCUT2D eigenvalue weighted by Crippen LogP contribution is 2.33. The highest BCUT2D eigenvalue weighted by atomic mass is 16.4. The van der Waals surface area contributed by atoms with Gasteiger partial charge in [-0.1, -0.05) is 50.1 Å². The molecule has 1 atom stereocenters. The number of nitrogens with zero attached hydrogens (tertiary/aromatic N) is 1. The Morgan fingerprint density at radius 3 is 2.44 bits per heavy atom. The number of pyridine rings is 1. The zero-order valence-corrected chi connectivity index (χ0v) is 14.5. The van der Waals surface area contributed by atoms with Crippen LogP contribution in [0.3, 0.4) is 0 Å². The normalized spacial score (nSPS) is 13.2. The Kier molecular flexibility index (Phi) is 6.90. The van der Waals surface area contributed by atoms with Gasteiger partial charge in [-0.3, -0.25) is 0 Å². The van der Waals surface area contributed by atoms with E-state index in [-0.39, 0.29) is 6.54 Å². The van der Waals surface area contributed by atoms with Crippen LogP contribution in [0.15, 0.2) is 48.5 Å². The van der Waals surface area contributed by atoms with Crippen LogP contribution in [0, 0.1) is 0 Å². The lowest BCUT2D eigenvalue weighted by atomic mass is 9.86. The first kappa shape index (κ1) is 19.3. The molecule has 0 saturated carbocycles. The van der Waals surface area contributed by atoms with Crippen LogP contribution in [-0.2, 0) is 5.60 Å². The molecule has 0 amide bonds. The second-order valence-corrected chi connectivity index (χ2v) is 6.03. The van der Waals surface area contributed by atoms with E-state index in [0.717, 1.165) is 40.2 Å². The van der Waals surface area contributed by atoms with E-state index in [1.54, 1.807) is 0 Å². The monoisotopic (exact) mass is 340 g/mol. The molecule has 1 heterocycles. The highest BCUT2D eigenvalue weighted by Gasteiger charge is 2.28. The molecule has 0 spiro atoms. The third kappa shape index (κ3) is 4.35. The van der Waals surface area contributed by atoms with Gasteiger partial charge in [0.25, 0.3) is 0 Å². The molecule has 1 unspecified atom stereocenters. The average Bonchev–Trinajstić information content (AvgIpc) is 2.64. The van der Waals surface area contributed by atoms with Crippen molar-refractivity contribution in [1.82, 2.24) is 4.98 Å². The zero-order chi connectivity index (χ0) is 18.3. The van der Waals surface area contributed by atoms with Crippen LogP contribution >= 0.6 is 0 Å². The largest absolute Gasteiger partial charge is 0.432 e. The van der Waals surface area contributed by atoms with Crippen molar-refractivity contribution in [2.75, 3.05) is 6.54 Å². The lowest BCUT2D eigenvalue weighted by molar-refractivity contribution is 0.0359. The van der Waals surface area contributed by atoms with Crippen molar-refractivity contribution in [3.63, 3.8) is 0 Å². The molecule has 0 fully saturated rings. The summed E-state index contributed by atoms with van der Waals surface area (Å²) in [6.07, 6.45) is 2.66. The number of fused-ring (bicyclic) bond motifs is 2. The number of nitrogens with two attached hydrogens (primary N) is 1. The summed E-state index contributed by atoms with van der Waals surface area (Å²) in [6, 6.07) is 16.1. The van der Waals surface area contributed by atoms with E-state index in [4.69, 9.17) is 20.8 Å². The summed E-state index contributed by atoms with van der Waals surface area (Å²) in [5, 5.41) is 27.4. The van der Waals surface area contributed by atoms with Gasteiger partial charge in [-0.15, -0.1) is 0 Å². The Morgan fingerprint density at radius 1 is 1.08 bits per heavy atom. The molecule has 5 N–H and O–H groups in total. The summed E-state index contributed by atoms with van der Waals surface area (Å²) in [5.41, 5.74) is 7.69. The molecule has 0 aliphatic carbocycles. The predicted molar refractivity (Wildman–Crippen MR) is 103 cm³/mol. The number of aliphatic hydroxyl groups is 1. The van der Waals surface area contributed by atoms with E-state index >= 15 is 0 Å². The Labute approximate surface area is 148 Å². The maximum absolute atomic E-state index is 11.0. The van der Waals surface area contributed by atoms with Crippen molar-refractivity contribution in [2.24, 2.45) is 5.73 Å². The second-order valence-electron chi connectivity index (χ2n) is 6.03. The molecule has 2 aromatic carbocycles. The molecule has 0 saturated heterocycles. The van der Waals surface area contributed by atoms with Gasteiger partial charge in [0.2, 0.25) is 0 Å². The molecule has 0 aliphatic heterocycles. The lowest BCUT2D eigenvalue weighted by Crippen LogP contribution is -2.35. The van der Waals surface area contributed by atoms with E-state index in [1.807, 2.05) is 42.5 Å². The number of hydrogen-bond acceptors (Lipinski definition) is 5. The van der Waals surface area contributed by atoms with Crippen molar-refractivity contribution in [3.8, 4) is 0 Å². The van der Waals surface area contributed by atoms with Crippen LogP contribution < -0.4 is 5.73 Å². The minimum absolute atomic E-state index is 0.221. The van der Waals surface area contributed by atoms with Gasteiger partial charge < -0.3 is 20.9 Å². The van der Waals surface area contributed by atoms with Crippen LogP contribution in [0.25, 0.3) is 21.8 Å². The quantitative estimate of drug-likeness (QED) is 0.420. The Hall–Kier alpha value is -1.99. The van der Waals surface area contributed by atoms with Crippen LogP contribution in [0.4, 0.5) is 0 Å². The molecule has 0 radical (unpaired) electrons. The number of rotatable bonds is 5. The Balaban J connectivity index is 0.000000701. The van der Waals surface area contributed by atoms with Gasteiger partial charge in [0.15, 0.2) is 0 Å². The summed E-state index contributed by atoms with van der Waals surface area (Å²) in [4.78, 5) is 4.71. The minimum atomic E-state index is -0.986. The maximum atomic E-state index is 11.0. The van der Waals surface area contributed by atoms with Crippen molar-refractivity contribution >= 4 is 29.5 Å². The topological polar surface area (TPSA) is 99.6 Å². The summed E-state index contributed by atoms with van der Waals surface area (Å²) in [5.74, 6) is 0. The fourth-order valence-electron chi connectivity index (χ4n) is 3.02. The van der Waals surface area contributed by atoms with Crippen molar-refractivity contribution in [3.05, 3.63) is 54.1 Å². The van der Waals surface area contributed by atoms with Crippen molar-refractivity contribution < 1.29 is 15.2 Å². The Morgan fingerprint density at radius 2 is 1.76 bits per heavy atom. The van der Waals surface area contributed by atoms with Gasteiger partial charge >= 0.3 is 7.69 Å². The van der Waals surface area contributed by atoms with Gasteiger partial charge in [-0.05, 0) is 30.2 Å². The molecule has 1 aromatic heterocycles. The molecule has 5 nitrogen and oxygen atoms in total. The van der Waals surface area contributed by atoms with Gasteiger partial charge in [0.05, 0.1) is 11.0 Å². The van der Waals surface area contributed by atoms with Gasteiger partial charge in [0.1, 0.15) is 5.60 Å². The Bertz CT molecular complexity index is 828. The van der Waals surface area contributed by atoms with Gasteiger partial charge in [0, 0.05) is 17.3 Å². The minimum Gasteiger partial charge on any atom is -0.430 e. The van der Waals surface area contributed by atoms with E-state index in [0.29, 0.717) is 6.42 Å². The summed E-state index contributed by atoms with van der Waals surface area (Å²) in [7, 11) is -0.750. The van der Waals surface area contributed by atoms with E-state index in [2.05, 4.69) is 13.0 Å². The first-order chi connectivity index (χ1) is 12.1. The number of aromatic nitrogens is 1. The molecule has 25 heavy (non-hydrogen) atoms. The standard InChI is InChI=1S/C19H22N2O.BH3O2/c1-2-3-11-19(22,13-20)16-8-6-10-18-15(16)12-14-7-4-5-9-17(14)21-18;2-1-3/h4-10,12,22H,2-3,11,13,20H2,1H3;1-3H. The molecular weight excluding hydrogens is 315 g/mol. The average molecular weight is 340 g/mol.